The van der Waals surface area contributed by atoms with Gasteiger partial charge in [-0.05, 0) is 37.0 Å². The molecule has 0 aromatic heterocycles. The molecular weight excluding hydrogens is 352 g/mol. The molecule has 134 valence electrons. The minimum Gasteiger partial charge on any atom is -0.273 e. The van der Waals surface area contributed by atoms with Crippen LogP contribution in [0, 0.1) is 12.8 Å². The topological polar surface area (TPSA) is 101 Å². The van der Waals surface area contributed by atoms with E-state index < -0.39 is 26.0 Å². The molecule has 0 spiro atoms. The Hall–Kier alpha value is -1.45. The summed E-state index contributed by atoms with van der Waals surface area (Å²) in [7, 11) is -7.50. The zero-order valence-electron chi connectivity index (χ0n) is 13.9. The third-order valence-corrected chi connectivity index (χ3v) is 7.08. The molecule has 7 nitrogen and oxygen atoms in total. The van der Waals surface area contributed by atoms with Gasteiger partial charge in [0.2, 0.25) is 26.0 Å². The van der Waals surface area contributed by atoms with Crippen LogP contribution in [0.2, 0.25) is 0 Å². The second kappa shape index (κ2) is 6.81. The Morgan fingerprint density at radius 3 is 2.50 bits per heavy atom. The van der Waals surface area contributed by atoms with Crippen LogP contribution < -0.4 is 9.03 Å². The molecule has 0 atom stereocenters. The smallest absolute Gasteiger partial charge is 0.242 e. The third-order valence-electron chi connectivity index (χ3n) is 3.79. The number of anilines is 1. The Labute approximate surface area is 143 Å². The summed E-state index contributed by atoms with van der Waals surface area (Å²) in [6.45, 7) is 5.90. The van der Waals surface area contributed by atoms with Gasteiger partial charge >= 0.3 is 0 Å². The summed E-state index contributed by atoms with van der Waals surface area (Å²) in [5.74, 6) is -0.448. The molecule has 0 aliphatic carbocycles. The first-order chi connectivity index (χ1) is 11.0. The van der Waals surface area contributed by atoms with Crippen LogP contribution in [0.15, 0.2) is 23.1 Å². The molecule has 1 saturated heterocycles. The van der Waals surface area contributed by atoms with Gasteiger partial charge in [0.15, 0.2) is 0 Å². The van der Waals surface area contributed by atoms with Gasteiger partial charge in [0.1, 0.15) is 0 Å². The predicted octanol–water partition coefficient (Wildman–Crippen LogP) is 1.39. The van der Waals surface area contributed by atoms with Crippen LogP contribution >= 0.6 is 0 Å². The van der Waals surface area contributed by atoms with E-state index in [1.165, 1.54) is 18.2 Å². The van der Waals surface area contributed by atoms with Crippen molar-refractivity contribution in [3.05, 3.63) is 23.8 Å². The van der Waals surface area contributed by atoms with E-state index in [-0.39, 0.29) is 22.8 Å². The molecule has 9 heteroatoms. The van der Waals surface area contributed by atoms with Crippen molar-refractivity contribution in [2.24, 2.45) is 5.92 Å². The average Bonchev–Trinajstić information content (AvgIpc) is 2.73. The monoisotopic (exact) mass is 374 g/mol. The Morgan fingerprint density at radius 2 is 1.96 bits per heavy atom. The van der Waals surface area contributed by atoms with Gasteiger partial charge in [0.25, 0.3) is 0 Å². The van der Waals surface area contributed by atoms with Crippen LogP contribution in [0.25, 0.3) is 0 Å². The van der Waals surface area contributed by atoms with Crippen molar-refractivity contribution in [2.75, 3.05) is 16.6 Å². The molecule has 0 radical (unpaired) electrons. The summed E-state index contributed by atoms with van der Waals surface area (Å²) in [5.41, 5.74) is 0.548. The molecule has 0 unspecified atom stereocenters. The lowest BCUT2D eigenvalue weighted by Gasteiger charge is -2.17. The third kappa shape index (κ3) is 3.96. The molecule has 1 aliphatic rings. The first kappa shape index (κ1) is 18.9. The van der Waals surface area contributed by atoms with Crippen LogP contribution in [-0.4, -0.2) is 35.0 Å². The van der Waals surface area contributed by atoms with E-state index in [1.807, 2.05) is 13.8 Å². The number of amides is 1. The van der Waals surface area contributed by atoms with E-state index in [4.69, 9.17) is 0 Å². The van der Waals surface area contributed by atoms with Crippen LogP contribution in [0.4, 0.5) is 5.69 Å². The first-order valence-electron chi connectivity index (χ1n) is 7.71. The zero-order valence-corrected chi connectivity index (χ0v) is 15.6. The number of carbonyl (C=O) groups excluding carboxylic acids is 1. The van der Waals surface area contributed by atoms with Gasteiger partial charge in [0, 0.05) is 13.0 Å². The number of rotatable bonds is 6. The zero-order chi connectivity index (χ0) is 18.1. The molecule has 0 bridgehead atoms. The lowest BCUT2D eigenvalue weighted by molar-refractivity contribution is -0.116. The molecule has 1 fully saturated rings. The number of nitrogens with zero attached hydrogens (tertiary/aromatic N) is 1. The first-order valence-corrected chi connectivity index (χ1v) is 10.8. The average molecular weight is 374 g/mol. The van der Waals surface area contributed by atoms with E-state index >= 15 is 0 Å². The van der Waals surface area contributed by atoms with Crippen molar-refractivity contribution in [2.45, 2.75) is 38.5 Å². The second-order valence-electron chi connectivity index (χ2n) is 6.25. The molecule has 2 rings (SSSR count). The SMILES string of the molecule is Cc1ccc(N2C(=O)CCS2(=O)=O)cc1S(=O)(=O)NCCC(C)C. The number of hydrogen-bond donors (Lipinski definition) is 1. The quantitative estimate of drug-likeness (QED) is 0.811. The lowest BCUT2D eigenvalue weighted by atomic mass is 10.1. The van der Waals surface area contributed by atoms with Crippen LogP contribution in [0.5, 0.6) is 0 Å². The Morgan fingerprint density at radius 1 is 1.29 bits per heavy atom. The molecular formula is C15H22N2O5S2. The Balaban J connectivity index is 2.37. The fourth-order valence-corrected chi connectivity index (χ4v) is 5.19. The molecule has 1 amide bonds. The highest BCUT2D eigenvalue weighted by atomic mass is 32.2. The van der Waals surface area contributed by atoms with E-state index in [2.05, 4.69) is 4.72 Å². The number of hydrogen-bond acceptors (Lipinski definition) is 5. The summed E-state index contributed by atoms with van der Waals surface area (Å²) in [6.07, 6.45) is 0.599. The van der Waals surface area contributed by atoms with E-state index in [0.717, 1.165) is 0 Å². The fourth-order valence-electron chi connectivity index (χ4n) is 2.43. The summed E-state index contributed by atoms with van der Waals surface area (Å²) in [5, 5.41) is 0. The highest BCUT2D eigenvalue weighted by Gasteiger charge is 2.36. The van der Waals surface area contributed by atoms with E-state index in [0.29, 0.717) is 28.8 Å². The van der Waals surface area contributed by atoms with Crippen LogP contribution in [0.3, 0.4) is 0 Å². The maximum absolute atomic E-state index is 12.5. The highest BCUT2D eigenvalue weighted by Crippen LogP contribution is 2.28. The maximum Gasteiger partial charge on any atom is 0.242 e. The second-order valence-corrected chi connectivity index (χ2v) is 9.93. The van der Waals surface area contributed by atoms with Gasteiger partial charge < -0.3 is 0 Å². The van der Waals surface area contributed by atoms with Crippen molar-refractivity contribution in [1.29, 1.82) is 0 Å². The number of carbonyl (C=O) groups is 1. The fraction of sp³-hybridized carbons (Fsp3) is 0.533. The summed E-state index contributed by atoms with van der Waals surface area (Å²) >= 11 is 0. The number of benzene rings is 1. The van der Waals surface area contributed by atoms with Crippen molar-refractivity contribution in [3.8, 4) is 0 Å². The summed E-state index contributed by atoms with van der Waals surface area (Å²) < 4.78 is 52.2. The van der Waals surface area contributed by atoms with Crippen LogP contribution in [-0.2, 0) is 24.8 Å². The molecule has 1 N–H and O–H groups in total. The maximum atomic E-state index is 12.5. The van der Waals surface area contributed by atoms with Crippen molar-refractivity contribution in [1.82, 2.24) is 4.72 Å². The molecule has 1 aromatic carbocycles. The van der Waals surface area contributed by atoms with Crippen molar-refractivity contribution < 1.29 is 21.6 Å². The summed E-state index contributed by atoms with van der Waals surface area (Å²) in [4.78, 5) is 11.8. The summed E-state index contributed by atoms with van der Waals surface area (Å²) in [6, 6.07) is 4.20. The Kier molecular flexibility index (Phi) is 5.36. The minimum atomic E-state index is -3.78. The van der Waals surface area contributed by atoms with Gasteiger partial charge in [-0.25, -0.2) is 25.9 Å². The molecule has 1 aliphatic heterocycles. The largest absolute Gasteiger partial charge is 0.273 e. The van der Waals surface area contributed by atoms with Gasteiger partial charge in [-0.3, -0.25) is 4.79 Å². The normalized spacial score (nSPS) is 17.7. The van der Waals surface area contributed by atoms with Crippen LogP contribution in [0.1, 0.15) is 32.3 Å². The number of aryl methyl sites for hydroxylation is 1. The standard InChI is InChI=1S/C15H22N2O5S2/c1-11(2)6-8-16-24(21,22)14-10-13(5-4-12(14)3)17-15(18)7-9-23(17,19)20/h4-5,10-11,16H,6-9H2,1-3H3. The van der Waals surface area contributed by atoms with Crippen molar-refractivity contribution in [3.63, 3.8) is 0 Å². The minimum absolute atomic E-state index is 0.0151. The van der Waals surface area contributed by atoms with Gasteiger partial charge in [-0.15, -0.1) is 0 Å². The molecule has 24 heavy (non-hydrogen) atoms. The number of sulfonamides is 2. The Bertz CT molecular complexity index is 845. The molecule has 1 heterocycles. The lowest BCUT2D eigenvalue weighted by Crippen LogP contribution is -2.30. The molecule has 0 saturated carbocycles. The predicted molar refractivity (Wildman–Crippen MR) is 91.7 cm³/mol. The number of nitrogens with one attached hydrogen (secondary N) is 1. The van der Waals surface area contributed by atoms with Gasteiger partial charge in [-0.1, -0.05) is 19.9 Å². The highest BCUT2D eigenvalue weighted by molar-refractivity contribution is 7.94. The van der Waals surface area contributed by atoms with Gasteiger partial charge in [0.05, 0.1) is 16.3 Å². The van der Waals surface area contributed by atoms with E-state index in [1.54, 1.807) is 6.92 Å². The van der Waals surface area contributed by atoms with Gasteiger partial charge in [-0.2, -0.15) is 0 Å². The van der Waals surface area contributed by atoms with Crippen molar-refractivity contribution >= 4 is 31.6 Å². The van der Waals surface area contributed by atoms with E-state index in [9.17, 15) is 21.6 Å². The molecule has 1 aromatic rings.